The van der Waals surface area contributed by atoms with Gasteiger partial charge in [0.15, 0.2) is 5.96 Å². The first-order valence-corrected chi connectivity index (χ1v) is 8.49. The van der Waals surface area contributed by atoms with Crippen molar-refractivity contribution in [3.05, 3.63) is 59.0 Å². The highest BCUT2D eigenvalue weighted by atomic mass is 35.5. The summed E-state index contributed by atoms with van der Waals surface area (Å²) in [6, 6.07) is 11.3. The molecule has 0 saturated heterocycles. The number of benzene rings is 1. The molecule has 0 bridgehead atoms. The van der Waals surface area contributed by atoms with Crippen molar-refractivity contribution in [1.29, 1.82) is 0 Å². The first-order valence-electron chi connectivity index (χ1n) is 8.11. The number of halogens is 1. The van der Waals surface area contributed by atoms with Crippen LogP contribution in [-0.2, 0) is 17.9 Å². The van der Waals surface area contributed by atoms with Gasteiger partial charge in [-0.1, -0.05) is 23.7 Å². The summed E-state index contributed by atoms with van der Waals surface area (Å²) < 4.78 is 5.18. The van der Waals surface area contributed by atoms with Gasteiger partial charge in [0.2, 0.25) is 5.91 Å². The van der Waals surface area contributed by atoms with Crippen LogP contribution in [0.4, 0.5) is 0 Å². The van der Waals surface area contributed by atoms with Crippen LogP contribution in [-0.4, -0.2) is 36.9 Å². The van der Waals surface area contributed by atoms with E-state index in [0.717, 1.165) is 5.56 Å². The predicted molar refractivity (Wildman–Crippen MR) is 99.5 cm³/mol. The molecule has 0 aliphatic carbocycles. The molecule has 0 atom stereocenters. The summed E-state index contributed by atoms with van der Waals surface area (Å²) in [5, 5.41) is 6.66. The van der Waals surface area contributed by atoms with Crippen molar-refractivity contribution in [2.24, 2.45) is 4.99 Å². The summed E-state index contributed by atoms with van der Waals surface area (Å²) in [6.07, 6.45) is 1.58. The first-order chi connectivity index (χ1) is 12.1. The fourth-order valence-corrected chi connectivity index (χ4v) is 2.47. The van der Waals surface area contributed by atoms with Crippen molar-refractivity contribution in [3.63, 3.8) is 0 Å². The van der Waals surface area contributed by atoms with E-state index in [1.165, 1.54) is 0 Å². The molecule has 0 spiro atoms. The zero-order valence-electron chi connectivity index (χ0n) is 14.5. The maximum absolute atomic E-state index is 11.9. The van der Waals surface area contributed by atoms with E-state index in [0.29, 0.717) is 36.4 Å². The van der Waals surface area contributed by atoms with Crippen LogP contribution in [0.15, 0.2) is 52.1 Å². The molecule has 1 heterocycles. The zero-order chi connectivity index (χ0) is 18.1. The number of carbonyl (C=O) groups is 1. The van der Waals surface area contributed by atoms with Crippen molar-refractivity contribution >= 4 is 23.5 Å². The lowest BCUT2D eigenvalue weighted by Crippen LogP contribution is -2.39. The fourth-order valence-electron chi connectivity index (χ4n) is 2.26. The Morgan fingerprint density at radius 1 is 1.28 bits per heavy atom. The minimum Gasteiger partial charge on any atom is -0.467 e. The van der Waals surface area contributed by atoms with Crippen LogP contribution < -0.4 is 10.6 Å². The number of nitrogens with one attached hydrogen (secondary N) is 2. The predicted octanol–water partition coefficient (Wildman–Crippen LogP) is 2.65. The van der Waals surface area contributed by atoms with Crippen LogP contribution in [0.2, 0.25) is 5.02 Å². The second-order valence-corrected chi connectivity index (χ2v) is 5.95. The quantitative estimate of drug-likeness (QED) is 0.587. The molecular weight excluding hydrogens is 340 g/mol. The standard InChI is InChI=1S/C18H23ClN4O2/c1-3-20-18(23(2)13-14-6-4-7-15(19)10-14)22-12-17(24)21-11-16-8-5-9-25-16/h4-10H,3,11-13H2,1-2H3,(H,20,22)(H,21,24). The number of carbonyl (C=O) groups excluding carboxylic acids is 1. The number of amides is 1. The van der Waals surface area contributed by atoms with Gasteiger partial charge in [-0.15, -0.1) is 0 Å². The van der Waals surface area contributed by atoms with E-state index >= 15 is 0 Å². The van der Waals surface area contributed by atoms with Gasteiger partial charge in [-0.05, 0) is 36.8 Å². The van der Waals surface area contributed by atoms with Crippen LogP contribution in [0, 0.1) is 0 Å². The second-order valence-electron chi connectivity index (χ2n) is 5.51. The van der Waals surface area contributed by atoms with Gasteiger partial charge in [-0.2, -0.15) is 0 Å². The highest BCUT2D eigenvalue weighted by Crippen LogP contribution is 2.12. The number of hydrogen-bond acceptors (Lipinski definition) is 3. The topological polar surface area (TPSA) is 69.9 Å². The summed E-state index contributed by atoms with van der Waals surface area (Å²) in [6.45, 7) is 3.74. The van der Waals surface area contributed by atoms with E-state index in [1.807, 2.05) is 49.2 Å². The summed E-state index contributed by atoms with van der Waals surface area (Å²) in [5.41, 5.74) is 1.07. The molecule has 7 heteroatoms. The third kappa shape index (κ3) is 6.51. The molecule has 2 N–H and O–H groups in total. The maximum atomic E-state index is 11.9. The molecule has 1 amide bonds. The summed E-state index contributed by atoms with van der Waals surface area (Å²) in [4.78, 5) is 18.3. The van der Waals surface area contributed by atoms with Gasteiger partial charge < -0.3 is 20.0 Å². The van der Waals surface area contributed by atoms with Gasteiger partial charge in [0.25, 0.3) is 0 Å². The van der Waals surface area contributed by atoms with Crippen LogP contribution in [0.25, 0.3) is 0 Å². The van der Waals surface area contributed by atoms with E-state index in [1.54, 1.807) is 12.3 Å². The van der Waals surface area contributed by atoms with Crippen molar-refractivity contribution < 1.29 is 9.21 Å². The van der Waals surface area contributed by atoms with E-state index in [-0.39, 0.29) is 12.5 Å². The SMILES string of the molecule is CCNC(=NCC(=O)NCc1ccco1)N(C)Cc1cccc(Cl)c1. The lowest BCUT2D eigenvalue weighted by Gasteiger charge is -2.22. The van der Waals surface area contributed by atoms with Crippen molar-refractivity contribution in [1.82, 2.24) is 15.5 Å². The molecule has 2 aromatic rings. The Balaban J connectivity index is 1.90. The van der Waals surface area contributed by atoms with Crippen molar-refractivity contribution in [2.45, 2.75) is 20.0 Å². The Kier molecular flexibility index (Phi) is 7.35. The van der Waals surface area contributed by atoms with Gasteiger partial charge >= 0.3 is 0 Å². The first kappa shape index (κ1) is 18.9. The summed E-state index contributed by atoms with van der Waals surface area (Å²) in [5.74, 6) is 1.21. The van der Waals surface area contributed by atoms with Gasteiger partial charge in [-0.3, -0.25) is 4.79 Å². The Bertz CT molecular complexity index is 701. The van der Waals surface area contributed by atoms with Crippen molar-refractivity contribution in [2.75, 3.05) is 20.1 Å². The highest BCUT2D eigenvalue weighted by molar-refractivity contribution is 6.30. The number of guanidine groups is 1. The van der Waals surface area contributed by atoms with Gasteiger partial charge in [0, 0.05) is 25.2 Å². The lowest BCUT2D eigenvalue weighted by molar-refractivity contribution is -0.119. The molecule has 134 valence electrons. The number of rotatable bonds is 7. The fraction of sp³-hybridized carbons (Fsp3) is 0.333. The van der Waals surface area contributed by atoms with Crippen LogP contribution in [0.1, 0.15) is 18.2 Å². The Labute approximate surface area is 152 Å². The molecule has 0 aliphatic heterocycles. The number of aliphatic imine (C=N–C) groups is 1. The average molecular weight is 363 g/mol. The lowest BCUT2D eigenvalue weighted by atomic mass is 10.2. The molecule has 6 nitrogen and oxygen atoms in total. The highest BCUT2D eigenvalue weighted by Gasteiger charge is 2.08. The van der Waals surface area contributed by atoms with E-state index in [9.17, 15) is 4.79 Å². The molecule has 0 saturated carbocycles. The van der Waals surface area contributed by atoms with E-state index in [2.05, 4.69) is 15.6 Å². The Morgan fingerprint density at radius 2 is 2.12 bits per heavy atom. The number of nitrogens with zero attached hydrogens (tertiary/aromatic N) is 2. The van der Waals surface area contributed by atoms with Crippen LogP contribution >= 0.6 is 11.6 Å². The minimum atomic E-state index is -0.164. The molecule has 25 heavy (non-hydrogen) atoms. The molecule has 0 aliphatic rings. The third-order valence-electron chi connectivity index (χ3n) is 3.42. The zero-order valence-corrected chi connectivity index (χ0v) is 15.2. The van der Waals surface area contributed by atoms with Gasteiger partial charge in [0.1, 0.15) is 12.3 Å². The molecular formula is C18H23ClN4O2. The van der Waals surface area contributed by atoms with Crippen molar-refractivity contribution in [3.8, 4) is 0 Å². The average Bonchev–Trinajstić information content (AvgIpc) is 3.10. The molecule has 2 rings (SSSR count). The number of hydrogen-bond donors (Lipinski definition) is 2. The van der Waals surface area contributed by atoms with E-state index < -0.39 is 0 Å². The molecule has 1 aromatic heterocycles. The van der Waals surface area contributed by atoms with E-state index in [4.69, 9.17) is 16.0 Å². The normalized spacial score (nSPS) is 11.2. The molecule has 1 aromatic carbocycles. The minimum absolute atomic E-state index is 0.0446. The summed E-state index contributed by atoms with van der Waals surface area (Å²) >= 11 is 6.02. The monoisotopic (exact) mass is 362 g/mol. The molecule has 0 radical (unpaired) electrons. The summed E-state index contributed by atoms with van der Waals surface area (Å²) in [7, 11) is 1.92. The number of furan rings is 1. The largest absolute Gasteiger partial charge is 0.467 e. The van der Waals surface area contributed by atoms with Crippen LogP contribution in [0.5, 0.6) is 0 Å². The van der Waals surface area contributed by atoms with Crippen LogP contribution in [0.3, 0.4) is 0 Å². The second kappa shape index (κ2) is 9.74. The maximum Gasteiger partial charge on any atom is 0.242 e. The van der Waals surface area contributed by atoms with Gasteiger partial charge in [0.05, 0.1) is 12.8 Å². The van der Waals surface area contributed by atoms with Gasteiger partial charge in [-0.25, -0.2) is 4.99 Å². The smallest absolute Gasteiger partial charge is 0.242 e. The Hall–Kier alpha value is -2.47. The molecule has 0 unspecified atom stereocenters. The third-order valence-corrected chi connectivity index (χ3v) is 3.65. The molecule has 0 fully saturated rings. The Morgan fingerprint density at radius 3 is 2.80 bits per heavy atom.